The first-order valence-electron chi connectivity index (χ1n) is 11.5. The van der Waals surface area contributed by atoms with Crippen LogP contribution in [0, 0.1) is 0 Å². The molecule has 1 atom stereocenters. The lowest BCUT2D eigenvalue weighted by Crippen LogP contribution is -2.42. The van der Waals surface area contributed by atoms with Crippen molar-refractivity contribution in [3.05, 3.63) is 45.8 Å². The molecule has 0 aliphatic carbocycles. The van der Waals surface area contributed by atoms with Crippen LogP contribution in [0.3, 0.4) is 0 Å². The lowest BCUT2D eigenvalue weighted by atomic mass is 10.1. The van der Waals surface area contributed by atoms with E-state index in [-0.39, 0.29) is 27.6 Å². The monoisotopic (exact) mass is 520 g/mol. The molecule has 188 valence electrons. The average Bonchev–Trinajstić information content (AvgIpc) is 2.81. The van der Waals surface area contributed by atoms with Gasteiger partial charge in [-0.15, -0.1) is 0 Å². The third-order valence-corrected chi connectivity index (χ3v) is 7.45. The van der Waals surface area contributed by atoms with E-state index >= 15 is 0 Å². The van der Waals surface area contributed by atoms with Gasteiger partial charge in [0.1, 0.15) is 5.65 Å². The van der Waals surface area contributed by atoms with Gasteiger partial charge in [-0.1, -0.05) is 17.7 Å². The molecule has 1 aromatic carbocycles. The maximum Gasteiger partial charge on any atom is 0.260 e. The van der Waals surface area contributed by atoms with E-state index in [4.69, 9.17) is 16.3 Å². The number of morpholine rings is 1. The molecule has 4 rings (SSSR count). The molecule has 1 fully saturated rings. The van der Waals surface area contributed by atoms with Crippen LogP contribution in [0.2, 0.25) is 5.02 Å². The van der Waals surface area contributed by atoms with Crippen molar-refractivity contribution in [2.45, 2.75) is 44.4 Å². The van der Waals surface area contributed by atoms with Gasteiger partial charge in [0.25, 0.3) is 5.56 Å². The van der Waals surface area contributed by atoms with Crippen molar-refractivity contribution in [3.8, 4) is 11.1 Å². The Morgan fingerprint density at radius 2 is 2.09 bits per heavy atom. The maximum atomic E-state index is 13.7. The Labute approximate surface area is 209 Å². The van der Waals surface area contributed by atoms with E-state index in [2.05, 4.69) is 25.3 Å². The summed E-state index contributed by atoms with van der Waals surface area (Å²) in [5.74, 6) is 0.425. The van der Waals surface area contributed by atoms with Gasteiger partial charge in [-0.2, -0.15) is 4.98 Å². The van der Waals surface area contributed by atoms with E-state index in [1.54, 1.807) is 36.7 Å². The van der Waals surface area contributed by atoms with Crippen LogP contribution in [0.4, 0.5) is 5.95 Å². The lowest BCUT2D eigenvalue weighted by Gasteiger charge is -2.25. The van der Waals surface area contributed by atoms with Crippen molar-refractivity contribution in [3.63, 3.8) is 0 Å². The van der Waals surface area contributed by atoms with Crippen LogP contribution in [0.1, 0.15) is 20.8 Å². The topological polar surface area (TPSA) is 127 Å². The van der Waals surface area contributed by atoms with E-state index in [0.29, 0.717) is 54.3 Å². The third kappa shape index (κ3) is 5.65. The summed E-state index contributed by atoms with van der Waals surface area (Å²) >= 11 is 6.52. The predicted octanol–water partition coefficient (Wildman–Crippen LogP) is 2.22. The molecule has 10 nitrogen and oxygen atoms in total. The maximum absolute atomic E-state index is 13.7. The van der Waals surface area contributed by atoms with Crippen LogP contribution in [0.25, 0.3) is 22.2 Å². The second-order valence-corrected chi connectivity index (χ2v) is 10.7. The molecule has 1 aliphatic heterocycles. The van der Waals surface area contributed by atoms with Gasteiger partial charge in [0.2, 0.25) is 16.0 Å². The Kier molecular flexibility index (Phi) is 7.72. The minimum absolute atomic E-state index is 0.0290. The van der Waals surface area contributed by atoms with Gasteiger partial charge in [-0.25, -0.2) is 18.1 Å². The summed E-state index contributed by atoms with van der Waals surface area (Å²) in [6.07, 6.45) is 1.45. The van der Waals surface area contributed by atoms with Crippen molar-refractivity contribution in [1.29, 1.82) is 0 Å². The summed E-state index contributed by atoms with van der Waals surface area (Å²) < 4.78 is 35.1. The second-order valence-electron chi connectivity index (χ2n) is 8.59. The number of hydrogen-bond acceptors (Lipinski definition) is 8. The Hall–Kier alpha value is -2.57. The first-order valence-corrected chi connectivity index (χ1v) is 13.3. The fourth-order valence-electron chi connectivity index (χ4n) is 3.96. The minimum atomic E-state index is -3.73. The van der Waals surface area contributed by atoms with Crippen LogP contribution in [0.15, 0.2) is 40.2 Å². The van der Waals surface area contributed by atoms with E-state index in [1.165, 1.54) is 12.1 Å². The molecule has 0 radical (unpaired) electrons. The molecule has 3 N–H and O–H groups in total. The van der Waals surface area contributed by atoms with Gasteiger partial charge in [0.05, 0.1) is 24.2 Å². The van der Waals surface area contributed by atoms with E-state index < -0.39 is 10.0 Å². The highest BCUT2D eigenvalue weighted by molar-refractivity contribution is 7.89. The summed E-state index contributed by atoms with van der Waals surface area (Å²) in [5, 5.41) is 7.15. The number of fused-ring (bicyclic) bond motifs is 1. The highest BCUT2D eigenvalue weighted by atomic mass is 35.5. The first kappa shape index (κ1) is 25.5. The number of benzene rings is 1. The molecule has 0 saturated carbocycles. The van der Waals surface area contributed by atoms with Gasteiger partial charge in [0.15, 0.2) is 0 Å². The summed E-state index contributed by atoms with van der Waals surface area (Å²) in [7, 11) is -3.73. The molecular weight excluding hydrogens is 492 g/mol. The number of pyridine rings is 1. The number of aromatic nitrogens is 3. The summed E-state index contributed by atoms with van der Waals surface area (Å²) in [6.45, 7) is 8.27. The number of hydrogen-bond donors (Lipinski definition) is 3. The van der Waals surface area contributed by atoms with Gasteiger partial charge >= 0.3 is 0 Å². The van der Waals surface area contributed by atoms with E-state index in [9.17, 15) is 13.2 Å². The Morgan fingerprint density at radius 3 is 2.74 bits per heavy atom. The molecule has 3 heterocycles. The molecule has 0 amide bonds. The summed E-state index contributed by atoms with van der Waals surface area (Å²) in [5.41, 5.74) is 0.932. The van der Waals surface area contributed by atoms with Crippen molar-refractivity contribution >= 4 is 38.6 Å². The third-order valence-electron chi connectivity index (χ3n) is 5.48. The van der Waals surface area contributed by atoms with Gasteiger partial charge in [0, 0.05) is 53.4 Å². The van der Waals surface area contributed by atoms with Crippen LogP contribution in [-0.2, 0) is 21.3 Å². The molecule has 1 unspecified atom stereocenters. The van der Waals surface area contributed by atoms with Gasteiger partial charge < -0.3 is 15.4 Å². The van der Waals surface area contributed by atoms with E-state index in [0.717, 1.165) is 6.54 Å². The summed E-state index contributed by atoms with van der Waals surface area (Å²) in [4.78, 5) is 22.7. The standard InChI is InChI=1S/C23H29ClN6O4S/c1-4-26-23-27-11-15-9-19(18-6-5-17(10-20(18)24)35(32,33)29-14(2)3)22(31)30(21(15)28-23)13-16-12-25-7-8-34-16/h5-6,9-11,14,16,25,29H,4,7-8,12-13H2,1-3H3,(H,26,27,28). The molecule has 35 heavy (non-hydrogen) atoms. The van der Waals surface area contributed by atoms with Crippen LogP contribution >= 0.6 is 11.6 Å². The fraction of sp³-hybridized carbons (Fsp3) is 0.435. The molecule has 0 bridgehead atoms. The zero-order chi connectivity index (χ0) is 25.2. The highest BCUT2D eigenvalue weighted by Crippen LogP contribution is 2.30. The number of rotatable bonds is 8. The predicted molar refractivity (Wildman–Crippen MR) is 136 cm³/mol. The van der Waals surface area contributed by atoms with E-state index in [1.807, 2.05) is 6.92 Å². The second kappa shape index (κ2) is 10.6. The number of nitrogens with one attached hydrogen (secondary N) is 3. The smallest absolute Gasteiger partial charge is 0.260 e. The number of ether oxygens (including phenoxy) is 1. The Balaban J connectivity index is 1.84. The quantitative estimate of drug-likeness (QED) is 0.412. The number of anilines is 1. The normalized spacial score (nSPS) is 16.7. The zero-order valence-electron chi connectivity index (χ0n) is 19.8. The van der Waals surface area contributed by atoms with Gasteiger partial charge in [-0.05, 0) is 39.0 Å². The lowest BCUT2D eigenvalue weighted by molar-refractivity contribution is 0.0183. The highest BCUT2D eigenvalue weighted by Gasteiger charge is 2.22. The molecule has 1 aliphatic rings. The Morgan fingerprint density at radius 1 is 1.29 bits per heavy atom. The fourth-order valence-corrected chi connectivity index (χ4v) is 5.59. The number of sulfonamides is 1. The number of nitrogens with zero attached hydrogens (tertiary/aromatic N) is 3. The molecule has 3 aromatic rings. The molecule has 1 saturated heterocycles. The summed E-state index contributed by atoms with van der Waals surface area (Å²) in [6, 6.07) is 5.77. The molecular formula is C23H29ClN6O4S. The van der Waals surface area contributed by atoms with Crippen LogP contribution in [-0.4, -0.2) is 61.3 Å². The Bertz CT molecular complexity index is 1390. The molecule has 2 aromatic heterocycles. The largest absolute Gasteiger partial charge is 0.374 e. The molecule has 0 spiro atoms. The van der Waals surface area contributed by atoms with Crippen molar-refractivity contribution in [2.24, 2.45) is 0 Å². The SMILES string of the molecule is CCNc1ncc2cc(-c3ccc(S(=O)(=O)NC(C)C)cc3Cl)c(=O)n(CC3CNCCO3)c2n1. The van der Waals surface area contributed by atoms with Crippen LogP contribution in [0.5, 0.6) is 0 Å². The zero-order valence-corrected chi connectivity index (χ0v) is 21.4. The van der Waals surface area contributed by atoms with Crippen molar-refractivity contribution < 1.29 is 13.2 Å². The first-order chi connectivity index (χ1) is 16.7. The average molecular weight is 521 g/mol. The minimum Gasteiger partial charge on any atom is -0.374 e. The van der Waals surface area contributed by atoms with Crippen molar-refractivity contribution in [2.75, 3.05) is 31.6 Å². The van der Waals surface area contributed by atoms with Gasteiger partial charge in [-0.3, -0.25) is 9.36 Å². The molecule has 12 heteroatoms. The van der Waals surface area contributed by atoms with Crippen molar-refractivity contribution in [1.82, 2.24) is 24.6 Å². The van der Waals surface area contributed by atoms with Crippen LogP contribution < -0.4 is 20.9 Å². The number of halogens is 1.